The van der Waals surface area contributed by atoms with E-state index in [4.69, 9.17) is 0 Å². The van der Waals surface area contributed by atoms with Crippen molar-refractivity contribution < 1.29 is 4.79 Å². The zero-order valence-electron chi connectivity index (χ0n) is 21.2. The maximum absolute atomic E-state index is 13.4. The zero-order valence-corrected chi connectivity index (χ0v) is 21.2. The number of ketones is 1. The number of Topliss-reactive ketones (excluding diaryl/α,β-unsaturated/α-hetero) is 1. The Morgan fingerprint density at radius 3 is 2.03 bits per heavy atom. The van der Waals surface area contributed by atoms with Crippen molar-refractivity contribution in [1.29, 1.82) is 0 Å². The van der Waals surface area contributed by atoms with Crippen LogP contribution in [0.4, 0.5) is 0 Å². The van der Waals surface area contributed by atoms with Crippen molar-refractivity contribution in [3.05, 3.63) is 154 Å². The molecule has 0 aliphatic heterocycles. The molecule has 0 fully saturated rings. The van der Waals surface area contributed by atoms with Crippen molar-refractivity contribution in [3.8, 4) is 0 Å². The van der Waals surface area contributed by atoms with Crippen molar-refractivity contribution in [2.24, 2.45) is 0 Å². The molecule has 0 saturated carbocycles. The Kier molecular flexibility index (Phi) is 8.08. The fourth-order valence-electron chi connectivity index (χ4n) is 4.33. The fourth-order valence-corrected chi connectivity index (χ4v) is 4.33. The average molecular weight is 479 g/mol. The van der Waals surface area contributed by atoms with Crippen LogP contribution in [0.25, 0.3) is 48.6 Å². The topological polar surface area (TPSA) is 17.1 Å². The Morgan fingerprint density at radius 1 is 0.676 bits per heavy atom. The van der Waals surface area contributed by atoms with Crippen molar-refractivity contribution in [3.63, 3.8) is 0 Å². The molecule has 37 heavy (non-hydrogen) atoms. The largest absolute Gasteiger partial charge is 0.289 e. The lowest BCUT2D eigenvalue weighted by Gasteiger charge is -2.11. The molecule has 0 bridgehead atoms. The molecule has 1 aliphatic carbocycles. The smallest absolute Gasteiger partial charge is 0.189 e. The number of carbonyl (C=O) groups excluding carboxylic acids is 1. The summed E-state index contributed by atoms with van der Waals surface area (Å²) in [5.41, 5.74) is 6.98. The van der Waals surface area contributed by atoms with E-state index in [2.05, 4.69) is 80.5 Å². The van der Waals surface area contributed by atoms with Crippen molar-refractivity contribution in [2.75, 3.05) is 0 Å². The van der Waals surface area contributed by atoms with E-state index in [0.29, 0.717) is 11.1 Å². The van der Waals surface area contributed by atoms with Gasteiger partial charge in [0.1, 0.15) is 0 Å². The molecule has 0 unspecified atom stereocenters. The summed E-state index contributed by atoms with van der Waals surface area (Å²) in [5, 5.41) is 2.33. The van der Waals surface area contributed by atoms with Gasteiger partial charge < -0.3 is 0 Å². The van der Waals surface area contributed by atoms with Gasteiger partial charge >= 0.3 is 0 Å². The van der Waals surface area contributed by atoms with Crippen LogP contribution in [-0.4, -0.2) is 5.78 Å². The van der Waals surface area contributed by atoms with Gasteiger partial charge in [-0.3, -0.25) is 4.79 Å². The van der Waals surface area contributed by atoms with E-state index in [9.17, 15) is 4.79 Å². The van der Waals surface area contributed by atoms with E-state index in [1.807, 2.05) is 55.5 Å². The maximum Gasteiger partial charge on any atom is 0.189 e. The van der Waals surface area contributed by atoms with Gasteiger partial charge in [-0.2, -0.15) is 0 Å². The van der Waals surface area contributed by atoms with Crippen LogP contribution in [0.15, 0.2) is 104 Å². The lowest BCUT2D eigenvalue weighted by molar-refractivity contribution is 0.103. The van der Waals surface area contributed by atoms with Gasteiger partial charge in [0.2, 0.25) is 0 Å². The van der Waals surface area contributed by atoms with Crippen LogP contribution in [0.2, 0.25) is 0 Å². The monoisotopic (exact) mass is 478 g/mol. The van der Waals surface area contributed by atoms with Crippen LogP contribution in [0.1, 0.15) is 50.7 Å². The molecular formula is C36H30O. The van der Waals surface area contributed by atoms with Crippen molar-refractivity contribution in [2.45, 2.75) is 6.92 Å². The highest BCUT2D eigenvalue weighted by atomic mass is 16.1. The highest BCUT2D eigenvalue weighted by Crippen LogP contribution is 2.24. The number of hydrogen-bond donors (Lipinski definition) is 0. The van der Waals surface area contributed by atoms with Gasteiger partial charge in [-0.25, -0.2) is 0 Å². The number of rotatable bonds is 6. The van der Waals surface area contributed by atoms with Gasteiger partial charge in [-0.1, -0.05) is 123 Å². The van der Waals surface area contributed by atoms with Crippen LogP contribution in [-0.2, 0) is 0 Å². The van der Waals surface area contributed by atoms with Crippen molar-refractivity contribution >= 4 is 54.4 Å². The normalized spacial score (nSPS) is 17.1. The van der Waals surface area contributed by atoms with Gasteiger partial charge in [0.25, 0.3) is 0 Å². The second kappa shape index (κ2) is 11.8. The summed E-state index contributed by atoms with van der Waals surface area (Å²) >= 11 is 0. The summed E-state index contributed by atoms with van der Waals surface area (Å²) in [7, 11) is 0. The van der Waals surface area contributed by atoms with Crippen molar-refractivity contribution in [1.82, 2.24) is 0 Å². The molecule has 1 aliphatic rings. The summed E-state index contributed by atoms with van der Waals surface area (Å²) in [6.45, 7) is 13.5. The van der Waals surface area contributed by atoms with E-state index in [1.165, 1.54) is 5.22 Å². The Morgan fingerprint density at radius 2 is 1.32 bits per heavy atom. The Balaban J connectivity index is 1.73. The first-order valence-corrected chi connectivity index (χ1v) is 12.2. The molecule has 0 saturated heterocycles. The van der Waals surface area contributed by atoms with E-state index >= 15 is 0 Å². The zero-order chi connectivity index (χ0) is 26.2. The Labute approximate surface area is 219 Å². The van der Waals surface area contributed by atoms with E-state index < -0.39 is 0 Å². The predicted octanol–water partition coefficient (Wildman–Crippen LogP) is 7.76. The molecule has 0 N–H and O–H groups in total. The van der Waals surface area contributed by atoms with E-state index in [1.54, 1.807) is 18.2 Å². The van der Waals surface area contributed by atoms with Gasteiger partial charge in [0, 0.05) is 5.56 Å². The second-order valence-corrected chi connectivity index (χ2v) is 8.79. The molecule has 1 nitrogen and oxygen atoms in total. The van der Waals surface area contributed by atoms with E-state index in [-0.39, 0.29) is 5.78 Å². The second-order valence-electron chi connectivity index (χ2n) is 8.79. The van der Waals surface area contributed by atoms with Crippen LogP contribution < -0.4 is 10.4 Å². The molecule has 4 rings (SSSR count). The number of carbonyl (C=O) groups is 1. The Hall–Kier alpha value is -4.75. The first-order chi connectivity index (χ1) is 18.0. The molecule has 0 aromatic heterocycles. The standard InChI is InChI=1S/C36H30O/c1-5-28-24-30(7-3)35(25-29(28)6-2)36(37)26(4)22-27-20-21-33-15-10-8-9-14-31-16-11-12-17-32(31)18-13-19-34(33)23-27/h5-25H,1-3H2,4H3/b9-8-,10-8?,14-9?,15-10+,18-13?,19-13-,26-22-,31-14-,32-18+,33-15?,34-19?. The molecule has 0 heterocycles. The molecule has 0 radical (unpaired) electrons. The minimum atomic E-state index is -0.0388. The number of allylic oxidation sites excluding steroid dienone is 5. The first-order valence-electron chi connectivity index (χ1n) is 12.2. The SMILES string of the molecule is C=Cc1cc(C=C)c(C(=O)/C(C)=C\c2ccc3c(c2)\C=C/C=c2\cccc\c2=C\C=C/C=C/3)cc1C=C. The summed E-state index contributed by atoms with van der Waals surface area (Å²) in [5.74, 6) is -0.0388. The number of benzene rings is 3. The molecule has 3 aromatic rings. The number of hydrogen-bond acceptors (Lipinski definition) is 1. The average Bonchev–Trinajstić information content (AvgIpc) is 2.92. The van der Waals surface area contributed by atoms with Gasteiger partial charge in [0.05, 0.1) is 0 Å². The third-order valence-electron chi connectivity index (χ3n) is 6.33. The lowest BCUT2D eigenvalue weighted by atomic mass is 9.92. The summed E-state index contributed by atoms with van der Waals surface area (Å²) < 4.78 is 0. The fraction of sp³-hybridized carbons (Fsp3) is 0.0278. The predicted molar refractivity (Wildman–Crippen MR) is 163 cm³/mol. The van der Waals surface area contributed by atoms with Crippen LogP contribution >= 0.6 is 0 Å². The Bertz CT molecular complexity index is 1630. The molecule has 180 valence electrons. The molecule has 0 amide bonds. The van der Waals surface area contributed by atoms with E-state index in [0.717, 1.165) is 38.6 Å². The minimum absolute atomic E-state index is 0.0388. The first kappa shape index (κ1) is 25.3. The van der Waals surface area contributed by atoms with Crippen LogP contribution in [0.5, 0.6) is 0 Å². The molecular weight excluding hydrogens is 448 g/mol. The highest BCUT2D eigenvalue weighted by molar-refractivity contribution is 6.13. The van der Waals surface area contributed by atoms with Gasteiger partial charge in [-0.15, -0.1) is 0 Å². The quantitative estimate of drug-likeness (QED) is 0.261. The lowest BCUT2D eigenvalue weighted by Crippen LogP contribution is -2.22. The van der Waals surface area contributed by atoms with Gasteiger partial charge in [0.15, 0.2) is 5.78 Å². The van der Waals surface area contributed by atoms with Gasteiger partial charge in [-0.05, 0) is 80.6 Å². The summed E-state index contributed by atoms with van der Waals surface area (Å²) in [6.07, 6.45) is 23.8. The highest BCUT2D eigenvalue weighted by Gasteiger charge is 2.14. The molecule has 0 atom stereocenters. The van der Waals surface area contributed by atoms with Crippen LogP contribution in [0.3, 0.4) is 0 Å². The molecule has 3 aromatic carbocycles. The molecule has 0 spiro atoms. The third kappa shape index (κ3) is 5.91. The molecule has 1 heteroatoms. The maximum atomic E-state index is 13.4. The minimum Gasteiger partial charge on any atom is -0.289 e. The summed E-state index contributed by atoms with van der Waals surface area (Å²) in [4.78, 5) is 13.4. The van der Waals surface area contributed by atoms with Crippen LogP contribution in [0, 0.1) is 0 Å². The number of fused-ring (bicyclic) bond motifs is 2. The summed E-state index contributed by atoms with van der Waals surface area (Å²) in [6, 6.07) is 18.3. The third-order valence-corrected chi connectivity index (χ3v) is 6.33.